The summed E-state index contributed by atoms with van der Waals surface area (Å²) in [5.41, 5.74) is -0.699. The first-order valence-corrected chi connectivity index (χ1v) is 6.28. The Labute approximate surface area is 97.6 Å². The highest BCUT2D eigenvalue weighted by molar-refractivity contribution is 5.07. The number of nitrogens with zero attached hydrogens (tertiary/aromatic N) is 2. The number of rotatable bonds is 1. The molecule has 2 aliphatic heterocycles. The lowest BCUT2D eigenvalue weighted by molar-refractivity contribution is -0.221. The minimum Gasteiger partial charge on any atom is -0.302 e. The molecule has 0 bridgehead atoms. The van der Waals surface area contributed by atoms with Crippen LogP contribution < -0.4 is 0 Å². The molecular weight excluding hydrogens is 210 g/mol. The summed E-state index contributed by atoms with van der Waals surface area (Å²) in [6.45, 7) is 8.85. The molecule has 2 aliphatic rings. The van der Waals surface area contributed by atoms with Crippen LogP contribution in [0.5, 0.6) is 0 Å². The maximum Gasteiger partial charge on any atom is 0.268 e. The van der Waals surface area contributed by atoms with Gasteiger partial charge in [-0.05, 0) is 26.6 Å². The Hall–Kier alpha value is -0.220. The molecule has 16 heavy (non-hydrogen) atoms. The van der Waals surface area contributed by atoms with Crippen molar-refractivity contribution in [3.8, 4) is 0 Å². The fraction of sp³-hybridized carbons (Fsp3) is 1.00. The lowest BCUT2D eigenvalue weighted by Gasteiger charge is -2.57. The lowest BCUT2D eigenvalue weighted by Crippen LogP contribution is -2.69. The van der Waals surface area contributed by atoms with Crippen molar-refractivity contribution >= 4 is 0 Å². The number of piperidine rings is 1. The molecule has 2 heterocycles. The van der Waals surface area contributed by atoms with Crippen LogP contribution >= 0.6 is 0 Å². The Morgan fingerprint density at radius 1 is 1.12 bits per heavy atom. The summed E-state index contributed by atoms with van der Waals surface area (Å²) in [5.74, 6) is -2.49. The smallest absolute Gasteiger partial charge is 0.268 e. The van der Waals surface area contributed by atoms with Crippen molar-refractivity contribution in [3.63, 3.8) is 0 Å². The molecule has 1 spiro atoms. The highest BCUT2D eigenvalue weighted by atomic mass is 19.3. The van der Waals surface area contributed by atoms with Gasteiger partial charge in [-0.15, -0.1) is 0 Å². The normalized spacial score (nSPS) is 28.1. The van der Waals surface area contributed by atoms with Crippen molar-refractivity contribution in [1.29, 1.82) is 0 Å². The van der Waals surface area contributed by atoms with Gasteiger partial charge in [-0.1, -0.05) is 20.8 Å². The van der Waals surface area contributed by atoms with Crippen molar-refractivity contribution in [2.45, 2.75) is 33.1 Å². The van der Waals surface area contributed by atoms with Gasteiger partial charge >= 0.3 is 0 Å². The van der Waals surface area contributed by atoms with Crippen molar-refractivity contribution < 1.29 is 8.78 Å². The third kappa shape index (κ3) is 2.23. The number of hydrogen-bond acceptors (Lipinski definition) is 2. The molecule has 0 N–H and O–H groups in total. The monoisotopic (exact) mass is 234 g/mol. The van der Waals surface area contributed by atoms with Gasteiger partial charge in [0.1, 0.15) is 0 Å². The van der Waals surface area contributed by atoms with Crippen molar-refractivity contribution in [1.82, 2.24) is 9.80 Å². The van der Waals surface area contributed by atoms with Gasteiger partial charge in [0.2, 0.25) is 0 Å². The maximum absolute atomic E-state index is 13.8. The summed E-state index contributed by atoms with van der Waals surface area (Å²) in [7, 11) is 1.77. The highest BCUT2D eigenvalue weighted by Crippen LogP contribution is 2.49. The summed E-state index contributed by atoms with van der Waals surface area (Å²) in [6, 6.07) is 0. The molecule has 2 saturated heterocycles. The summed E-state index contributed by atoms with van der Waals surface area (Å²) in [6.07, 6.45) is 0.646. The Balaban J connectivity index is 0.000000606. The zero-order chi connectivity index (χ0) is 12.4. The largest absolute Gasteiger partial charge is 0.302 e. The molecule has 2 rings (SSSR count). The third-order valence-electron chi connectivity index (χ3n) is 3.72. The third-order valence-corrected chi connectivity index (χ3v) is 3.72. The minimum atomic E-state index is -2.49. The van der Waals surface area contributed by atoms with E-state index in [4.69, 9.17) is 0 Å². The van der Waals surface area contributed by atoms with E-state index >= 15 is 0 Å². The van der Waals surface area contributed by atoms with E-state index in [1.54, 1.807) is 11.9 Å². The van der Waals surface area contributed by atoms with E-state index in [-0.39, 0.29) is 6.54 Å². The highest BCUT2D eigenvalue weighted by Gasteiger charge is 2.61. The van der Waals surface area contributed by atoms with E-state index in [2.05, 4.69) is 4.90 Å². The molecule has 0 unspecified atom stereocenters. The van der Waals surface area contributed by atoms with Crippen LogP contribution in [0, 0.1) is 5.41 Å². The quantitative estimate of drug-likeness (QED) is 0.687. The molecule has 0 amide bonds. The Morgan fingerprint density at radius 3 is 2.12 bits per heavy atom. The molecule has 0 aliphatic carbocycles. The van der Waals surface area contributed by atoms with Gasteiger partial charge in [0, 0.05) is 13.1 Å². The molecule has 0 saturated carbocycles. The topological polar surface area (TPSA) is 6.48 Å². The second-order valence-corrected chi connectivity index (χ2v) is 4.78. The average Bonchev–Trinajstić information content (AvgIpc) is 2.17. The van der Waals surface area contributed by atoms with E-state index < -0.39 is 11.3 Å². The van der Waals surface area contributed by atoms with E-state index in [0.717, 1.165) is 13.1 Å². The maximum atomic E-state index is 13.8. The van der Waals surface area contributed by atoms with Crippen LogP contribution in [0.1, 0.15) is 27.2 Å². The fourth-order valence-corrected chi connectivity index (χ4v) is 2.60. The van der Waals surface area contributed by atoms with Crippen LogP contribution in [0.15, 0.2) is 0 Å². The van der Waals surface area contributed by atoms with Crippen LogP contribution in [0.3, 0.4) is 0 Å². The molecule has 96 valence electrons. The van der Waals surface area contributed by atoms with Crippen molar-refractivity contribution in [3.05, 3.63) is 0 Å². The minimum absolute atomic E-state index is 0.0649. The molecule has 0 aromatic heterocycles. The van der Waals surface area contributed by atoms with Gasteiger partial charge in [0.05, 0.1) is 12.0 Å². The molecular formula is C12H24F2N2. The standard InChI is InChI=1S/C10H18F2N2.C2H6/c1-3-14-6-9(7-14)4-5-13(2)8-10(9,11)12;1-2/h3-8H2,1-2H3;1-2H3. The summed E-state index contributed by atoms with van der Waals surface area (Å²) in [5, 5.41) is 0. The summed E-state index contributed by atoms with van der Waals surface area (Å²) in [4.78, 5) is 3.83. The Kier molecular flexibility index (Phi) is 4.29. The first kappa shape index (κ1) is 13.8. The molecule has 2 fully saturated rings. The Bertz CT molecular complexity index is 220. The predicted molar refractivity (Wildman–Crippen MR) is 63.0 cm³/mol. The van der Waals surface area contributed by atoms with Gasteiger partial charge in [-0.25, -0.2) is 8.78 Å². The van der Waals surface area contributed by atoms with Crippen molar-refractivity contribution in [2.75, 3.05) is 39.8 Å². The number of alkyl halides is 2. The van der Waals surface area contributed by atoms with Gasteiger partial charge in [0.25, 0.3) is 5.92 Å². The zero-order valence-electron chi connectivity index (χ0n) is 10.9. The van der Waals surface area contributed by atoms with Gasteiger partial charge in [-0.2, -0.15) is 0 Å². The number of halogens is 2. The molecule has 2 nitrogen and oxygen atoms in total. The van der Waals surface area contributed by atoms with Crippen LogP contribution in [-0.2, 0) is 0 Å². The molecule has 0 atom stereocenters. The van der Waals surface area contributed by atoms with E-state index in [9.17, 15) is 8.78 Å². The first-order valence-electron chi connectivity index (χ1n) is 6.28. The second kappa shape index (κ2) is 4.96. The van der Waals surface area contributed by atoms with Gasteiger partial charge in [-0.3, -0.25) is 0 Å². The molecule has 4 heteroatoms. The molecule has 0 aromatic rings. The molecule has 0 aromatic carbocycles. The first-order chi connectivity index (χ1) is 7.49. The zero-order valence-corrected chi connectivity index (χ0v) is 10.9. The second-order valence-electron chi connectivity index (χ2n) is 4.78. The van der Waals surface area contributed by atoms with Gasteiger partial charge < -0.3 is 9.80 Å². The van der Waals surface area contributed by atoms with Gasteiger partial charge in [0.15, 0.2) is 0 Å². The van der Waals surface area contributed by atoms with Crippen LogP contribution in [0.2, 0.25) is 0 Å². The van der Waals surface area contributed by atoms with Crippen LogP contribution in [-0.4, -0.2) is 55.5 Å². The van der Waals surface area contributed by atoms with E-state index in [1.807, 2.05) is 20.8 Å². The van der Waals surface area contributed by atoms with Crippen molar-refractivity contribution in [2.24, 2.45) is 5.41 Å². The average molecular weight is 234 g/mol. The number of likely N-dealkylation sites (tertiary alicyclic amines) is 2. The summed E-state index contributed by atoms with van der Waals surface area (Å²) >= 11 is 0. The van der Waals surface area contributed by atoms with E-state index in [1.165, 1.54) is 0 Å². The summed E-state index contributed by atoms with van der Waals surface area (Å²) < 4.78 is 27.6. The van der Waals surface area contributed by atoms with E-state index in [0.29, 0.717) is 19.5 Å². The lowest BCUT2D eigenvalue weighted by atomic mass is 9.69. The number of hydrogen-bond donors (Lipinski definition) is 0. The van der Waals surface area contributed by atoms with Crippen LogP contribution in [0.25, 0.3) is 0 Å². The van der Waals surface area contributed by atoms with Crippen LogP contribution in [0.4, 0.5) is 8.78 Å². The fourth-order valence-electron chi connectivity index (χ4n) is 2.60. The predicted octanol–water partition coefficient (Wildman–Crippen LogP) is 2.31. The SMILES string of the molecule is CC.CCN1CC2(CCN(C)CC2(F)F)C1. The Morgan fingerprint density at radius 2 is 1.69 bits per heavy atom. The molecule has 0 radical (unpaired) electrons.